The Kier molecular flexibility index (Phi) is 4.83. The molecule has 1 aromatic carbocycles. The number of nitrogens with zero attached hydrogens (tertiary/aromatic N) is 3. The quantitative estimate of drug-likeness (QED) is 0.857. The number of amides is 2. The molecule has 132 valence electrons. The van der Waals surface area contributed by atoms with Gasteiger partial charge >= 0.3 is 0 Å². The molecule has 1 atom stereocenters. The van der Waals surface area contributed by atoms with Crippen molar-refractivity contribution in [3.63, 3.8) is 0 Å². The molecule has 1 aliphatic heterocycles. The molecule has 2 heterocycles. The number of benzene rings is 1. The molecule has 2 aromatic rings. The van der Waals surface area contributed by atoms with Crippen molar-refractivity contribution in [2.75, 3.05) is 0 Å². The smallest absolute Gasteiger partial charge is 0.245 e. The summed E-state index contributed by atoms with van der Waals surface area (Å²) in [4.78, 5) is 24.3. The van der Waals surface area contributed by atoms with Crippen LogP contribution >= 0.6 is 0 Å². The average Bonchev–Trinajstić information content (AvgIpc) is 2.97. The van der Waals surface area contributed by atoms with Gasteiger partial charge in [0.25, 0.3) is 0 Å². The Morgan fingerprint density at radius 1 is 1.40 bits per heavy atom. The van der Waals surface area contributed by atoms with Crippen molar-refractivity contribution in [3.05, 3.63) is 46.8 Å². The van der Waals surface area contributed by atoms with Gasteiger partial charge in [0, 0.05) is 0 Å². The number of hydrogen-bond acceptors (Lipinski definition) is 4. The second-order valence-electron chi connectivity index (χ2n) is 6.71. The fourth-order valence-corrected chi connectivity index (χ4v) is 3.09. The Balaban J connectivity index is 1.67. The van der Waals surface area contributed by atoms with Gasteiger partial charge in [0.15, 0.2) is 0 Å². The van der Waals surface area contributed by atoms with Gasteiger partial charge in [-0.3, -0.25) is 9.59 Å². The number of aryl methyl sites for hydroxylation is 1. The molecule has 3 rings (SSSR count). The third kappa shape index (κ3) is 3.55. The predicted molar refractivity (Wildman–Crippen MR) is 92.5 cm³/mol. The van der Waals surface area contributed by atoms with Crippen molar-refractivity contribution in [1.29, 1.82) is 0 Å². The van der Waals surface area contributed by atoms with Crippen LogP contribution in [0.1, 0.15) is 42.4 Å². The third-order valence-electron chi connectivity index (χ3n) is 4.53. The summed E-state index contributed by atoms with van der Waals surface area (Å²) < 4.78 is 1.69. The number of fused-ring (bicyclic) bond motifs is 1. The minimum Gasteiger partial charge on any atom is -0.350 e. The van der Waals surface area contributed by atoms with Gasteiger partial charge in [-0.25, -0.2) is 4.68 Å². The van der Waals surface area contributed by atoms with Crippen LogP contribution < -0.4 is 10.6 Å². The summed E-state index contributed by atoms with van der Waals surface area (Å²) in [7, 11) is 0. The molecule has 0 aliphatic carbocycles. The SMILES string of the molecule is Cc1ccccc1CC(=O)NCc1nnn2c1CNC(=O)C2C(C)C. The van der Waals surface area contributed by atoms with Crippen LogP contribution in [0.4, 0.5) is 0 Å². The summed E-state index contributed by atoms with van der Waals surface area (Å²) in [5.41, 5.74) is 3.66. The van der Waals surface area contributed by atoms with E-state index in [4.69, 9.17) is 0 Å². The second-order valence-corrected chi connectivity index (χ2v) is 6.71. The van der Waals surface area contributed by atoms with E-state index in [-0.39, 0.29) is 23.8 Å². The highest BCUT2D eigenvalue weighted by atomic mass is 16.2. The largest absolute Gasteiger partial charge is 0.350 e. The Morgan fingerprint density at radius 2 is 2.16 bits per heavy atom. The lowest BCUT2D eigenvalue weighted by atomic mass is 10.0. The maximum atomic E-state index is 12.2. The van der Waals surface area contributed by atoms with Crippen LogP contribution in [-0.4, -0.2) is 26.8 Å². The fraction of sp³-hybridized carbons (Fsp3) is 0.444. The zero-order valence-corrected chi connectivity index (χ0v) is 14.7. The molecule has 1 unspecified atom stereocenters. The number of carbonyl (C=O) groups is 2. The van der Waals surface area contributed by atoms with E-state index in [1.54, 1.807) is 4.68 Å². The molecule has 0 bridgehead atoms. The van der Waals surface area contributed by atoms with Gasteiger partial charge in [0.1, 0.15) is 11.7 Å². The summed E-state index contributed by atoms with van der Waals surface area (Å²) in [6.45, 7) is 6.64. The topological polar surface area (TPSA) is 88.9 Å². The minimum absolute atomic E-state index is 0.0393. The van der Waals surface area contributed by atoms with Crippen molar-refractivity contribution in [2.45, 2.75) is 46.3 Å². The van der Waals surface area contributed by atoms with Crippen LogP contribution in [-0.2, 0) is 29.1 Å². The van der Waals surface area contributed by atoms with Crippen molar-refractivity contribution in [1.82, 2.24) is 25.6 Å². The highest BCUT2D eigenvalue weighted by Gasteiger charge is 2.32. The van der Waals surface area contributed by atoms with E-state index in [2.05, 4.69) is 20.9 Å². The first-order chi connectivity index (χ1) is 12.0. The summed E-state index contributed by atoms with van der Waals surface area (Å²) in [5.74, 6) is 0.0167. The van der Waals surface area contributed by atoms with Crippen LogP contribution in [0, 0.1) is 12.8 Å². The van der Waals surface area contributed by atoms with Gasteiger partial charge in [-0.1, -0.05) is 43.3 Å². The van der Waals surface area contributed by atoms with E-state index >= 15 is 0 Å². The van der Waals surface area contributed by atoms with E-state index < -0.39 is 0 Å². The lowest BCUT2D eigenvalue weighted by Crippen LogP contribution is -2.42. The van der Waals surface area contributed by atoms with Crippen molar-refractivity contribution in [3.8, 4) is 0 Å². The summed E-state index contributed by atoms with van der Waals surface area (Å²) in [5, 5.41) is 14.1. The maximum absolute atomic E-state index is 12.2. The molecule has 2 amide bonds. The molecule has 0 saturated heterocycles. The van der Waals surface area contributed by atoms with E-state index in [0.717, 1.165) is 16.8 Å². The van der Waals surface area contributed by atoms with Crippen molar-refractivity contribution in [2.24, 2.45) is 5.92 Å². The fourth-order valence-electron chi connectivity index (χ4n) is 3.09. The van der Waals surface area contributed by atoms with E-state index in [1.165, 1.54) is 0 Å². The monoisotopic (exact) mass is 341 g/mol. The zero-order chi connectivity index (χ0) is 18.0. The Hall–Kier alpha value is -2.70. The Morgan fingerprint density at radius 3 is 2.88 bits per heavy atom. The van der Waals surface area contributed by atoms with Gasteiger partial charge in [-0.05, 0) is 24.0 Å². The number of carbonyl (C=O) groups excluding carboxylic acids is 2. The maximum Gasteiger partial charge on any atom is 0.245 e. The molecule has 7 heteroatoms. The van der Waals surface area contributed by atoms with Crippen molar-refractivity contribution >= 4 is 11.8 Å². The molecule has 2 N–H and O–H groups in total. The van der Waals surface area contributed by atoms with Crippen LogP contribution in [0.2, 0.25) is 0 Å². The lowest BCUT2D eigenvalue weighted by molar-refractivity contribution is -0.127. The van der Waals surface area contributed by atoms with E-state index in [9.17, 15) is 9.59 Å². The van der Waals surface area contributed by atoms with Gasteiger partial charge in [-0.2, -0.15) is 0 Å². The van der Waals surface area contributed by atoms with Crippen LogP contribution in [0.3, 0.4) is 0 Å². The average molecular weight is 341 g/mol. The van der Waals surface area contributed by atoms with Crippen LogP contribution in [0.25, 0.3) is 0 Å². The van der Waals surface area contributed by atoms with Gasteiger partial charge < -0.3 is 10.6 Å². The van der Waals surface area contributed by atoms with Gasteiger partial charge in [-0.15, -0.1) is 5.10 Å². The lowest BCUT2D eigenvalue weighted by Gasteiger charge is -2.26. The van der Waals surface area contributed by atoms with Crippen LogP contribution in [0.5, 0.6) is 0 Å². The van der Waals surface area contributed by atoms with E-state index in [1.807, 2.05) is 45.0 Å². The second kappa shape index (κ2) is 7.04. The molecule has 0 spiro atoms. The summed E-state index contributed by atoms with van der Waals surface area (Å²) in [6, 6.07) is 7.48. The highest BCUT2D eigenvalue weighted by molar-refractivity contribution is 5.81. The first kappa shape index (κ1) is 17.1. The molecule has 0 fully saturated rings. The first-order valence-electron chi connectivity index (χ1n) is 8.49. The summed E-state index contributed by atoms with van der Waals surface area (Å²) >= 11 is 0. The number of rotatable bonds is 5. The molecular formula is C18H23N5O2. The molecule has 1 aromatic heterocycles. The molecule has 7 nitrogen and oxygen atoms in total. The number of aromatic nitrogens is 3. The summed E-state index contributed by atoms with van der Waals surface area (Å²) in [6.07, 6.45) is 0.335. The third-order valence-corrected chi connectivity index (χ3v) is 4.53. The number of nitrogens with one attached hydrogen (secondary N) is 2. The highest BCUT2D eigenvalue weighted by Crippen LogP contribution is 2.24. The molecular weight excluding hydrogens is 318 g/mol. The Bertz CT molecular complexity index is 797. The zero-order valence-electron chi connectivity index (χ0n) is 14.7. The number of hydrogen-bond donors (Lipinski definition) is 2. The standard InChI is InChI=1S/C18H23N5O2/c1-11(2)17-18(25)20-10-15-14(21-22-23(15)17)9-19-16(24)8-13-7-5-4-6-12(13)3/h4-7,11,17H,8-10H2,1-3H3,(H,19,24)(H,20,25). The molecule has 25 heavy (non-hydrogen) atoms. The molecule has 0 radical (unpaired) electrons. The van der Waals surface area contributed by atoms with Crippen molar-refractivity contribution < 1.29 is 9.59 Å². The minimum atomic E-state index is -0.354. The first-order valence-corrected chi connectivity index (χ1v) is 8.49. The molecule has 1 aliphatic rings. The predicted octanol–water partition coefficient (Wildman–Crippen LogP) is 1.27. The van der Waals surface area contributed by atoms with Gasteiger partial charge in [0.05, 0.1) is 25.2 Å². The molecule has 0 saturated carbocycles. The van der Waals surface area contributed by atoms with Gasteiger partial charge in [0.2, 0.25) is 11.8 Å². The van der Waals surface area contributed by atoms with E-state index in [0.29, 0.717) is 25.2 Å². The normalized spacial score (nSPS) is 16.5. The van der Waals surface area contributed by atoms with Crippen LogP contribution in [0.15, 0.2) is 24.3 Å². The Labute approximate surface area is 146 Å².